The van der Waals surface area contributed by atoms with E-state index in [-0.39, 0.29) is 17.7 Å². The topological polar surface area (TPSA) is 89.0 Å². The number of halogens is 1. The van der Waals surface area contributed by atoms with E-state index in [0.29, 0.717) is 23.3 Å². The molecule has 0 aliphatic carbocycles. The van der Waals surface area contributed by atoms with E-state index in [1.807, 2.05) is 18.2 Å². The standard InChI is InChI=1S/C17H21ClN4O3S/c1-11(15(23)19-9-12-5-2-3-7-14(12)18)26-17-21-20-16(24)22(17)10-13-6-4-8-25-13/h2-3,5,7,11,13H,4,6,8-10H2,1H3,(H,19,23)(H,20,24)/t11-,13-/m1/s1. The molecule has 0 saturated carbocycles. The Labute approximate surface area is 160 Å². The van der Waals surface area contributed by atoms with Gasteiger partial charge in [0.25, 0.3) is 0 Å². The molecule has 0 bridgehead atoms. The summed E-state index contributed by atoms with van der Waals surface area (Å²) in [6.07, 6.45) is 1.95. The maximum Gasteiger partial charge on any atom is 0.344 e. The third kappa shape index (κ3) is 4.69. The number of carbonyl (C=O) groups is 1. The van der Waals surface area contributed by atoms with Gasteiger partial charge in [-0.2, -0.15) is 0 Å². The van der Waals surface area contributed by atoms with Crippen LogP contribution in [0, 0.1) is 0 Å². The quantitative estimate of drug-likeness (QED) is 0.700. The smallest absolute Gasteiger partial charge is 0.344 e. The van der Waals surface area contributed by atoms with Gasteiger partial charge in [-0.15, -0.1) is 5.10 Å². The second-order valence-electron chi connectivity index (χ2n) is 6.13. The van der Waals surface area contributed by atoms with Crippen molar-refractivity contribution in [1.29, 1.82) is 0 Å². The number of nitrogens with one attached hydrogen (secondary N) is 2. The van der Waals surface area contributed by atoms with Crippen LogP contribution in [-0.4, -0.2) is 38.6 Å². The fourth-order valence-corrected chi connectivity index (χ4v) is 3.82. The number of aromatic amines is 1. The Bertz CT molecular complexity index is 816. The van der Waals surface area contributed by atoms with E-state index < -0.39 is 5.25 Å². The van der Waals surface area contributed by atoms with Crippen LogP contribution in [0.3, 0.4) is 0 Å². The minimum absolute atomic E-state index is 0.0222. The van der Waals surface area contributed by atoms with Gasteiger partial charge in [0.1, 0.15) is 0 Å². The first kappa shape index (κ1) is 19.0. The summed E-state index contributed by atoms with van der Waals surface area (Å²) >= 11 is 7.34. The van der Waals surface area contributed by atoms with Crippen molar-refractivity contribution < 1.29 is 9.53 Å². The van der Waals surface area contributed by atoms with Crippen molar-refractivity contribution in [2.75, 3.05) is 6.61 Å². The zero-order chi connectivity index (χ0) is 18.5. The van der Waals surface area contributed by atoms with Gasteiger partial charge in [-0.3, -0.25) is 9.36 Å². The molecule has 1 aromatic heterocycles. The minimum Gasteiger partial charge on any atom is -0.376 e. The number of nitrogens with zero attached hydrogens (tertiary/aromatic N) is 2. The fraction of sp³-hybridized carbons (Fsp3) is 0.471. The third-order valence-corrected chi connectivity index (χ3v) is 5.65. The molecule has 0 radical (unpaired) electrons. The van der Waals surface area contributed by atoms with Crippen LogP contribution >= 0.6 is 23.4 Å². The number of benzene rings is 1. The van der Waals surface area contributed by atoms with Crippen molar-refractivity contribution in [1.82, 2.24) is 20.1 Å². The van der Waals surface area contributed by atoms with Crippen LogP contribution in [0.1, 0.15) is 25.3 Å². The summed E-state index contributed by atoms with van der Waals surface area (Å²) in [5.41, 5.74) is 0.571. The Balaban J connectivity index is 1.59. The Kier molecular flexibility index (Phi) is 6.39. The highest BCUT2D eigenvalue weighted by Gasteiger charge is 2.22. The summed E-state index contributed by atoms with van der Waals surface area (Å²) in [5, 5.41) is 10.1. The van der Waals surface area contributed by atoms with Gasteiger partial charge in [0, 0.05) is 18.2 Å². The molecule has 7 nitrogen and oxygen atoms in total. The summed E-state index contributed by atoms with van der Waals surface area (Å²) in [6, 6.07) is 7.37. The average molecular weight is 397 g/mol. The zero-order valence-electron chi connectivity index (χ0n) is 14.4. The molecule has 140 valence electrons. The second-order valence-corrected chi connectivity index (χ2v) is 7.84. The summed E-state index contributed by atoms with van der Waals surface area (Å²) < 4.78 is 7.13. The molecule has 2 heterocycles. The molecular formula is C17H21ClN4O3S. The first-order valence-electron chi connectivity index (χ1n) is 8.49. The minimum atomic E-state index is -0.407. The predicted octanol–water partition coefficient (Wildman–Crippen LogP) is 2.20. The monoisotopic (exact) mass is 396 g/mol. The van der Waals surface area contributed by atoms with Gasteiger partial charge in [0.2, 0.25) is 5.91 Å². The van der Waals surface area contributed by atoms with Crippen LogP contribution in [0.5, 0.6) is 0 Å². The highest BCUT2D eigenvalue weighted by atomic mass is 35.5. The lowest BCUT2D eigenvalue weighted by atomic mass is 10.2. The van der Waals surface area contributed by atoms with Crippen molar-refractivity contribution in [2.45, 2.75) is 49.4 Å². The molecule has 1 aliphatic rings. The molecule has 0 unspecified atom stereocenters. The molecule has 3 rings (SSSR count). The number of H-pyrrole nitrogens is 1. The van der Waals surface area contributed by atoms with Crippen LogP contribution in [-0.2, 0) is 22.6 Å². The lowest BCUT2D eigenvalue weighted by Gasteiger charge is -2.14. The van der Waals surface area contributed by atoms with Gasteiger partial charge < -0.3 is 10.1 Å². The molecule has 26 heavy (non-hydrogen) atoms. The van der Waals surface area contributed by atoms with E-state index in [2.05, 4.69) is 15.5 Å². The lowest BCUT2D eigenvalue weighted by molar-refractivity contribution is -0.120. The first-order valence-corrected chi connectivity index (χ1v) is 9.75. The van der Waals surface area contributed by atoms with Crippen LogP contribution < -0.4 is 11.0 Å². The SMILES string of the molecule is C[C@@H](Sc1n[nH]c(=O)n1C[C@H]1CCCO1)C(=O)NCc1ccccc1Cl. The molecule has 9 heteroatoms. The Morgan fingerprint density at radius 1 is 1.54 bits per heavy atom. The van der Waals surface area contributed by atoms with Crippen LogP contribution in [0.4, 0.5) is 0 Å². The van der Waals surface area contributed by atoms with E-state index in [9.17, 15) is 9.59 Å². The highest BCUT2D eigenvalue weighted by molar-refractivity contribution is 8.00. The van der Waals surface area contributed by atoms with Crippen molar-refractivity contribution in [3.05, 3.63) is 45.3 Å². The Hall–Kier alpha value is -1.77. The van der Waals surface area contributed by atoms with Crippen molar-refractivity contribution in [3.8, 4) is 0 Å². The molecule has 1 aliphatic heterocycles. The predicted molar refractivity (Wildman–Crippen MR) is 100 cm³/mol. The Morgan fingerprint density at radius 3 is 3.08 bits per heavy atom. The van der Waals surface area contributed by atoms with Gasteiger partial charge >= 0.3 is 5.69 Å². The average Bonchev–Trinajstić information content (AvgIpc) is 3.26. The molecular weight excluding hydrogens is 376 g/mol. The zero-order valence-corrected chi connectivity index (χ0v) is 16.0. The van der Waals surface area contributed by atoms with E-state index >= 15 is 0 Å². The van der Waals surface area contributed by atoms with E-state index in [0.717, 1.165) is 25.0 Å². The third-order valence-electron chi connectivity index (χ3n) is 4.20. The number of hydrogen-bond donors (Lipinski definition) is 2. The summed E-state index contributed by atoms with van der Waals surface area (Å²) in [5.74, 6) is -0.144. The normalized spacial score (nSPS) is 18.0. The van der Waals surface area contributed by atoms with E-state index in [1.54, 1.807) is 17.6 Å². The molecule has 0 spiro atoms. The molecule has 2 atom stereocenters. The number of ether oxygens (including phenoxy) is 1. The lowest BCUT2D eigenvalue weighted by Crippen LogP contribution is -2.31. The number of thioether (sulfide) groups is 1. The fourth-order valence-electron chi connectivity index (χ4n) is 2.73. The number of amides is 1. The second kappa shape index (κ2) is 8.75. The van der Waals surface area contributed by atoms with Gasteiger partial charge in [-0.25, -0.2) is 9.89 Å². The van der Waals surface area contributed by atoms with Gasteiger partial charge in [-0.1, -0.05) is 41.6 Å². The number of aromatic nitrogens is 3. The summed E-state index contributed by atoms with van der Waals surface area (Å²) in [7, 11) is 0. The molecule has 1 amide bonds. The summed E-state index contributed by atoms with van der Waals surface area (Å²) in [6.45, 7) is 3.31. The first-order chi connectivity index (χ1) is 12.5. The molecule has 2 N–H and O–H groups in total. The Morgan fingerprint density at radius 2 is 2.35 bits per heavy atom. The maximum absolute atomic E-state index is 12.4. The van der Waals surface area contributed by atoms with Crippen molar-refractivity contribution >= 4 is 29.3 Å². The van der Waals surface area contributed by atoms with Gasteiger partial charge in [0.05, 0.1) is 17.9 Å². The van der Waals surface area contributed by atoms with Crippen LogP contribution in [0.25, 0.3) is 0 Å². The number of hydrogen-bond acceptors (Lipinski definition) is 5. The molecule has 1 fully saturated rings. The van der Waals surface area contributed by atoms with Crippen molar-refractivity contribution in [3.63, 3.8) is 0 Å². The largest absolute Gasteiger partial charge is 0.376 e. The van der Waals surface area contributed by atoms with E-state index in [1.165, 1.54) is 11.8 Å². The van der Waals surface area contributed by atoms with Crippen molar-refractivity contribution in [2.24, 2.45) is 0 Å². The van der Waals surface area contributed by atoms with E-state index in [4.69, 9.17) is 16.3 Å². The molecule has 1 aromatic carbocycles. The highest BCUT2D eigenvalue weighted by Crippen LogP contribution is 2.22. The molecule has 1 saturated heterocycles. The van der Waals surface area contributed by atoms with Gasteiger partial charge in [-0.05, 0) is 31.4 Å². The molecule has 2 aromatic rings. The van der Waals surface area contributed by atoms with Crippen LogP contribution in [0.2, 0.25) is 5.02 Å². The summed E-state index contributed by atoms with van der Waals surface area (Å²) in [4.78, 5) is 24.4. The number of rotatable bonds is 7. The maximum atomic E-state index is 12.4. The van der Waals surface area contributed by atoms with Crippen LogP contribution in [0.15, 0.2) is 34.2 Å². The number of carbonyl (C=O) groups excluding carboxylic acids is 1. The van der Waals surface area contributed by atoms with Gasteiger partial charge in [0.15, 0.2) is 5.16 Å².